The van der Waals surface area contributed by atoms with Gasteiger partial charge in [0.05, 0.1) is 16.9 Å². The van der Waals surface area contributed by atoms with Gasteiger partial charge in [0.1, 0.15) is 0 Å². The third kappa shape index (κ3) is 4.97. The van der Waals surface area contributed by atoms with E-state index < -0.39 is 0 Å². The number of nitrogens with zero attached hydrogens (tertiary/aromatic N) is 3. The molecule has 0 bridgehead atoms. The molecule has 1 amide bonds. The van der Waals surface area contributed by atoms with Crippen molar-refractivity contribution in [3.8, 4) is 16.9 Å². The van der Waals surface area contributed by atoms with E-state index in [0.717, 1.165) is 11.3 Å². The van der Waals surface area contributed by atoms with Gasteiger partial charge < -0.3 is 0 Å². The van der Waals surface area contributed by atoms with Crippen molar-refractivity contribution in [3.05, 3.63) is 111 Å². The highest BCUT2D eigenvalue weighted by atomic mass is 35.5. The van der Waals surface area contributed by atoms with Crippen molar-refractivity contribution in [1.29, 1.82) is 0 Å². The summed E-state index contributed by atoms with van der Waals surface area (Å²) in [6, 6.07) is 21.4. The highest BCUT2D eigenvalue weighted by Gasteiger charge is 2.09. The van der Waals surface area contributed by atoms with Crippen molar-refractivity contribution in [2.24, 2.45) is 5.10 Å². The lowest BCUT2D eigenvalue weighted by atomic mass is 10.1. The first-order chi connectivity index (χ1) is 15.0. The summed E-state index contributed by atoms with van der Waals surface area (Å²) in [4.78, 5) is 16.9. The molecule has 1 heterocycles. The Morgan fingerprint density at radius 1 is 0.903 bits per heavy atom. The number of para-hydroxylation sites is 1. The third-order valence-electron chi connectivity index (χ3n) is 4.42. The summed E-state index contributed by atoms with van der Waals surface area (Å²) >= 11 is 18.3. The van der Waals surface area contributed by atoms with Crippen LogP contribution in [0.15, 0.2) is 90.3 Å². The average Bonchev–Trinajstić information content (AvgIpc) is 2.78. The van der Waals surface area contributed by atoms with Gasteiger partial charge >= 0.3 is 0 Å². The van der Waals surface area contributed by atoms with Crippen LogP contribution in [0.3, 0.4) is 0 Å². The summed E-state index contributed by atoms with van der Waals surface area (Å²) in [5, 5.41) is 5.76. The number of benzene rings is 3. The van der Waals surface area contributed by atoms with Crippen LogP contribution in [-0.4, -0.2) is 15.5 Å². The Bertz CT molecular complexity index is 1320. The number of carbonyl (C=O) groups excluding carboxylic acids is 1. The zero-order valence-electron chi connectivity index (χ0n) is 16.0. The summed E-state index contributed by atoms with van der Waals surface area (Å²) < 4.78 is 1.81. The molecule has 0 fully saturated rings. The van der Waals surface area contributed by atoms with Crippen LogP contribution in [-0.2, 0) is 0 Å². The van der Waals surface area contributed by atoms with E-state index in [0.29, 0.717) is 31.8 Å². The molecule has 0 saturated carbocycles. The van der Waals surface area contributed by atoms with Crippen molar-refractivity contribution >= 4 is 40.7 Å². The fourth-order valence-corrected chi connectivity index (χ4v) is 3.62. The second-order valence-corrected chi connectivity index (χ2v) is 7.80. The van der Waals surface area contributed by atoms with E-state index in [1.807, 2.05) is 34.9 Å². The molecule has 154 valence electrons. The fourth-order valence-electron chi connectivity index (χ4n) is 2.93. The average molecular weight is 470 g/mol. The molecule has 8 heteroatoms. The minimum atomic E-state index is -0.382. The molecule has 0 aliphatic rings. The molecule has 1 N–H and O–H groups in total. The Hall–Kier alpha value is -3.12. The molecule has 0 aliphatic carbocycles. The molecule has 5 nitrogen and oxygen atoms in total. The zero-order valence-corrected chi connectivity index (χ0v) is 18.2. The Kier molecular flexibility index (Phi) is 6.37. The van der Waals surface area contributed by atoms with Gasteiger partial charge in [0, 0.05) is 33.1 Å². The summed E-state index contributed by atoms with van der Waals surface area (Å²) in [5.74, 6) is -0.382. The molecule has 0 spiro atoms. The lowest BCUT2D eigenvalue weighted by Gasteiger charge is -2.11. The summed E-state index contributed by atoms with van der Waals surface area (Å²) in [6.07, 6.45) is 3.36. The largest absolute Gasteiger partial charge is 0.297 e. The normalized spacial score (nSPS) is 11.4. The number of nitrogens with one attached hydrogen (secondary N) is 1. The van der Waals surface area contributed by atoms with Crippen molar-refractivity contribution in [1.82, 2.24) is 15.0 Å². The molecular formula is C23H15Cl3N4O. The van der Waals surface area contributed by atoms with Gasteiger partial charge in [-0.15, -0.1) is 0 Å². The van der Waals surface area contributed by atoms with Gasteiger partial charge in [-0.1, -0.05) is 59.1 Å². The smallest absolute Gasteiger partial charge is 0.271 e. The Morgan fingerprint density at radius 3 is 2.42 bits per heavy atom. The number of hydrogen-bond acceptors (Lipinski definition) is 3. The van der Waals surface area contributed by atoms with Gasteiger partial charge in [-0.25, -0.2) is 5.43 Å². The Labute approximate surface area is 193 Å². The maximum absolute atomic E-state index is 12.5. The lowest BCUT2D eigenvalue weighted by molar-refractivity contribution is 0.0952. The van der Waals surface area contributed by atoms with Crippen molar-refractivity contribution < 1.29 is 4.79 Å². The van der Waals surface area contributed by atoms with Crippen LogP contribution in [0.25, 0.3) is 16.9 Å². The minimum Gasteiger partial charge on any atom is -0.297 e. The third-order valence-corrected chi connectivity index (χ3v) is 5.20. The number of halogens is 3. The second-order valence-electron chi connectivity index (χ2n) is 6.52. The molecule has 0 aliphatic heterocycles. The molecule has 0 saturated heterocycles. The minimum absolute atomic E-state index is 0.382. The van der Waals surface area contributed by atoms with E-state index in [-0.39, 0.29) is 5.91 Å². The molecule has 0 radical (unpaired) electrons. The molecule has 4 aromatic rings. The van der Waals surface area contributed by atoms with Crippen LogP contribution < -0.4 is 10.9 Å². The molecular weight excluding hydrogens is 455 g/mol. The monoisotopic (exact) mass is 468 g/mol. The van der Waals surface area contributed by atoms with Gasteiger partial charge in [0.2, 0.25) is 0 Å². The number of rotatable bonds is 4. The zero-order chi connectivity index (χ0) is 21.8. The van der Waals surface area contributed by atoms with Crippen LogP contribution in [0.2, 0.25) is 15.1 Å². The van der Waals surface area contributed by atoms with Crippen LogP contribution in [0.4, 0.5) is 0 Å². The SMILES string of the molecule is O=C(N/N=c1/cnc(-c2ccc(Cl)cc2Cl)cn1-c1ccccc1)c1cccc(Cl)c1. The highest BCUT2D eigenvalue weighted by molar-refractivity contribution is 6.36. The Morgan fingerprint density at radius 2 is 1.68 bits per heavy atom. The fraction of sp³-hybridized carbons (Fsp3) is 0. The maximum Gasteiger partial charge on any atom is 0.271 e. The van der Waals surface area contributed by atoms with Gasteiger partial charge in [0.15, 0.2) is 5.49 Å². The first-order valence-electron chi connectivity index (χ1n) is 9.20. The van der Waals surface area contributed by atoms with E-state index in [9.17, 15) is 4.79 Å². The summed E-state index contributed by atoms with van der Waals surface area (Å²) in [6.45, 7) is 0. The van der Waals surface area contributed by atoms with Crippen molar-refractivity contribution in [3.63, 3.8) is 0 Å². The van der Waals surface area contributed by atoms with Crippen LogP contribution in [0.5, 0.6) is 0 Å². The number of hydrogen-bond donors (Lipinski definition) is 1. The van der Waals surface area contributed by atoms with Gasteiger partial charge in [0.25, 0.3) is 5.91 Å². The van der Waals surface area contributed by atoms with Gasteiger partial charge in [-0.3, -0.25) is 14.3 Å². The van der Waals surface area contributed by atoms with Crippen LogP contribution in [0, 0.1) is 0 Å². The van der Waals surface area contributed by atoms with Crippen LogP contribution in [0.1, 0.15) is 10.4 Å². The lowest BCUT2D eigenvalue weighted by Crippen LogP contribution is -2.27. The predicted octanol–water partition coefficient (Wildman–Crippen LogP) is 5.75. The van der Waals surface area contributed by atoms with E-state index in [2.05, 4.69) is 15.5 Å². The number of amides is 1. The van der Waals surface area contributed by atoms with Gasteiger partial charge in [-0.2, -0.15) is 5.10 Å². The Balaban J connectivity index is 1.77. The highest BCUT2D eigenvalue weighted by Crippen LogP contribution is 2.28. The van der Waals surface area contributed by atoms with E-state index in [1.165, 1.54) is 0 Å². The molecule has 1 aromatic heterocycles. The van der Waals surface area contributed by atoms with E-state index >= 15 is 0 Å². The maximum atomic E-state index is 12.5. The molecule has 4 rings (SSSR count). The van der Waals surface area contributed by atoms with E-state index in [1.54, 1.807) is 54.9 Å². The topological polar surface area (TPSA) is 59.3 Å². The van der Waals surface area contributed by atoms with Crippen molar-refractivity contribution in [2.75, 3.05) is 0 Å². The van der Waals surface area contributed by atoms with Crippen LogP contribution >= 0.6 is 34.8 Å². The summed E-state index contributed by atoms with van der Waals surface area (Å²) in [5.41, 5.74) is 5.58. The predicted molar refractivity (Wildman–Crippen MR) is 124 cm³/mol. The number of carbonyl (C=O) groups is 1. The first kappa shape index (κ1) is 21.1. The quantitative estimate of drug-likeness (QED) is 0.387. The second kappa shape index (κ2) is 9.35. The molecule has 3 aromatic carbocycles. The summed E-state index contributed by atoms with van der Waals surface area (Å²) in [7, 11) is 0. The van der Waals surface area contributed by atoms with E-state index in [4.69, 9.17) is 34.8 Å². The van der Waals surface area contributed by atoms with Gasteiger partial charge in [-0.05, 0) is 48.5 Å². The first-order valence-corrected chi connectivity index (χ1v) is 10.3. The molecule has 0 unspecified atom stereocenters. The number of aromatic nitrogens is 2. The molecule has 0 atom stereocenters. The molecule has 31 heavy (non-hydrogen) atoms. The van der Waals surface area contributed by atoms with Crippen molar-refractivity contribution in [2.45, 2.75) is 0 Å². The standard InChI is InChI=1S/C23H15Cl3N4O/c24-16-6-4-5-15(11-16)23(31)29-28-22-13-27-21(19-10-9-17(25)12-20(19)26)14-30(22)18-7-2-1-3-8-18/h1-14H,(H,29,31)/b28-22-.